The number of hydrogen-bond acceptors (Lipinski definition) is 5. The molecule has 0 aliphatic rings. The van der Waals surface area contributed by atoms with Crippen LogP contribution in [0.15, 0.2) is 88.6 Å². The second kappa shape index (κ2) is 9.40. The molecule has 33 heavy (non-hydrogen) atoms. The number of esters is 1. The van der Waals surface area contributed by atoms with Gasteiger partial charge in [0.25, 0.3) is 5.56 Å². The standard InChI is InChI=1S/C26H23N3O4/c1-18-24(25(30)29(28(18)2)21-7-5-4-6-8-21)27-17-19-9-13-23(14-10-19)33-26(31)20-11-15-22(32-3)16-12-20/h4-17H,1-3H3. The van der Waals surface area contributed by atoms with Gasteiger partial charge in [-0.05, 0) is 73.2 Å². The van der Waals surface area contributed by atoms with Crippen LogP contribution in [0.1, 0.15) is 21.6 Å². The summed E-state index contributed by atoms with van der Waals surface area (Å²) < 4.78 is 13.9. The highest BCUT2D eigenvalue weighted by Crippen LogP contribution is 2.18. The number of carbonyl (C=O) groups is 1. The van der Waals surface area contributed by atoms with Crippen molar-refractivity contribution in [2.75, 3.05) is 7.11 Å². The lowest BCUT2D eigenvalue weighted by Gasteiger charge is -2.07. The summed E-state index contributed by atoms with van der Waals surface area (Å²) in [5, 5.41) is 0. The highest BCUT2D eigenvalue weighted by Gasteiger charge is 2.15. The van der Waals surface area contributed by atoms with E-state index in [1.807, 2.05) is 44.3 Å². The van der Waals surface area contributed by atoms with Gasteiger partial charge in [-0.25, -0.2) is 14.5 Å². The zero-order valence-corrected chi connectivity index (χ0v) is 18.6. The number of methoxy groups -OCH3 is 1. The highest BCUT2D eigenvalue weighted by molar-refractivity contribution is 5.91. The van der Waals surface area contributed by atoms with Crippen LogP contribution in [-0.4, -0.2) is 28.7 Å². The number of aliphatic imine (C=N–C) groups is 1. The van der Waals surface area contributed by atoms with Crippen molar-refractivity contribution in [2.24, 2.45) is 12.0 Å². The van der Waals surface area contributed by atoms with Gasteiger partial charge in [0.2, 0.25) is 0 Å². The minimum Gasteiger partial charge on any atom is -0.497 e. The molecule has 0 atom stereocenters. The number of aromatic nitrogens is 2. The normalized spacial score (nSPS) is 11.0. The topological polar surface area (TPSA) is 74.8 Å². The Bertz CT molecular complexity index is 1350. The Morgan fingerprint density at radius 2 is 1.55 bits per heavy atom. The molecule has 4 aromatic rings. The number of benzene rings is 3. The van der Waals surface area contributed by atoms with Crippen LogP contribution in [-0.2, 0) is 7.05 Å². The first-order chi connectivity index (χ1) is 16.0. The van der Waals surface area contributed by atoms with E-state index in [1.165, 1.54) is 0 Å². The first-order valence-corrected chi connectivity index (χ1v) is 10.3. The van der Waals surface area contributed by atoms with E-state index in [0.29, 0.717) is 22.7 Å². The van der Waals surface area contributed by atoms with E-state index in [-0.39, 0.29) is 5.56 Å². The van der Waals surface area contributed by atoms with Gasteiger partial charge in [0.05, 0.1) is 24.1 Å². The molecule has 3 aromatic carbocycles. The number of hydrogen-bond donors (Lipinski definition) is 0. The lowest BCUT2D eigenvalue weighted by atomic mass is 10.2. The van der Waals surface area contributed by atoms with Crippen molar-refractivity contribution in [3.8, 4) is 17.2 Å². The van der Waals surface area contributed by atoms with Gasteiger partial charge in [-0.2, -0.15) is 0 Å². The summed E-state index contributed by atoms with van der Waals surface area (Å²) in [4.78, 5) is 29.7. The minimum absolute atomic E-state index is 0.192. The van der Waals surface area contributed by atoms with Crippen molar-refractivity contribution in [3.05, 3.63) is 106 Å². The van der Waals surface area contributed by atoms with E-state index in [9.17, 15) is 9.59 Å². The first-order valence-electron chi connectivity index (χ1n) is 10.3. The molecule has 0 aliphatic heterocycles. The van der Waals surface area contributed by atoms with Gasteiger partial charge in [0, 0.05) is 13.3 Å². The molecule has 0 bridgehead atoms. The van der Waals surface area contributed by atoms with Gasteiger partial charge in [0.15, 0.2) is 5.69 Å². The maximum absolute atomic E-state index is 12.9. The van der Waals surface area contributed by atoms with Crippen LogP contribution in [0, 0.1) is 6.92 Å². The summed E-state index contributed by atoms with van der Waals surface area (Å²) in [5.41, 5.74) is 2.91. The molecule has 1 aromatic heterocycles. The molecule has 7 nitrogen and oxygen atoms in total. The number of carbonyl (C=O) groups excluding carboxylic acids is 1. The fourth-order valence-electron chi connectivity index (χ4n) is 3.36. The van der Waals surface area contributed by atoms with Crippen molar-refractivity contribution in [1.82, 2.24) is 9.36 Å². The van der Waals surface area contributed by atoms with Crippen LogP contribution >= 0.6 is 0 Å². The molecular formula is C26H23N3O4. The number of para-hydroxylation sites is 1. The van der Waals surface area contributed by atoms with Crippen LogP contribution in [0.4, 0.5) is 5.69 Å². The Kier molecular flexibility index (Phi) is 6.22. The molecule has 7 heteroatoms. The molecule has 0 N–H and O–H groups in total. The molecule has 4 rings (SSSR count). The van der Waals surface area contributed by atoms with Crippen molar-refractivity contribution < 1.29 is 14.3 Å². The van der Waals surface area contributed by atoms with E-state index in [0.717, 1.165) is 16.9 Å². The SMILES string of the molecule is COc1ccc(C(=O)Oc2ccc(C=Nc3c(C)n(C)n(-c4ccccc4)c3=O)cc2)cc1. The molecule has 1 heterocycles. The van der Waals surface area contributed by atoms with E-state index < -0.39 is 5.97 Å². The Morgan fingerprint density at radius 1 is 0.909 bits per heavy atom. The predicted molar refractivity (Wildman–Crippen MR) is 127 cm³/mol. The van der Waals surface area contributed by atoms with Gasteiger partial charge in [-0.1, -0.05) is 18.2 Å². The third-order valence-electron chi connectivity index (χ3n) is 5.28. The fourth-order valence-corrected chi connectivity index (χ4v) is 3.36. The van der Waals surface area contributed by atoms with Crippen LogP contribution in [0.2, 0.25) is 0 Å². The van der Waals surface area contributed by atoms with E-state index >= 15 is 0 Å². The molecule has 0 aliphatic carbocycles. The van der Waals surface area contributed by atoms with Gasteiger partial charge in [-0.3, -0.25) is 9.48 Å². The fraction of sp³-hybridized carbons (Fsp3) is 0.115. The third-order valence-corrected chi connectivity index (χ3v) is 5.28. The van der Waals surface area contributed by atoms with Crippen molar-refractivity contribution in [2.45, 2.75) is 6.92 Å². The van der Waals surface area contributed by atoms with E-state index in [4.69, 9.17) is 9.47 Å². The molecule has 0 saturated carbocycles. The average molecular weight is 441 g/mol. The Labute approximate surface area is 191 Å². The molecule has 0 fully saturated rings. The second-order valence-corrected chi connectivity index (χ2v) is 7.36. The number of rotatable bonds is 6. The van der Waals surface area contributed by atoms with Gasteiger partial charge < -0.3 is 9.47 Å². The second-order valence-electron chi connectivity index (χ2n) is 7.36. The summed E-state index contributed by atoms with van der Waals surface area (Å²) in [6, 6.07) is 23.0. The summed E-state index contributed by atoms with van der Waals surface area (Å²) in [5.74, 6) is 0.620. The van der Waals surface area contributed by atoms with E-state index in [2.05, 4.69) is 4.99 Å². The third kappa shape index (κ3) is 4.62. The maximum Gasteiger partial charge on any atom is 0.343 e. The zero-order valence-electron chi connectivity index (χ0n) is 18.6. The lowest BCUT2D eigenvalue weighted by Crippen LogP contribution is -2.19. The lowest BCUT2D eigenvalue weighted by molar-refractivity contribution is 0.0734. The summed E-state index contributed by atoms with van der Waals surface area (Å²) in [6.07, 6.45) is 1.62. The zero-order chi connectivity index (χ0) is 23.4. The predicted octanol–water partition coefficient (Wildman–Crippen LogP) is 4.46. The largest absolute Gasteiger partial charge is 0.497 e. The Hall–Kier alpha value is -4.39. The highest BCUT2D eigenvalue weighted by atomic mass is 16.5. The quantitative estimate of drug-likeness (QED) is 0.251. The van der Waals surface area contributed by atoms with Crippen molar-refractivity contribution in [1.29, 1.82) is 0 Å². The van der Waals surface area contributed by atoms with Gasteiger partial charge in [-0.15, -0.1) is 0 Å². The molecule has 166 valence electrons. The molecule has 0 amide bonds. The number of nitrogens with zero attached hydrogens (tertiary/aromatic N) is 3. The summed E-state index contributed by atoms with van der Waals surface area (Å²) in [7, 11) is 3.39. The summed E-state index contributed by atoms with van der Waals surface area (Å²) >= 11 is 0. The van der Waals surface area contributed by atoms with Crippen LogP contribution in [0.25, 0.3) is 5.69 Å². The maximum atomic E-state index is 12.9. The molecule has 0 spiro atoms. The molecule has 0 unspecified atom stereocenters. The molecule has 0 saturated heterocycles. The van der Waals surface area contributed by atoms with Crippen LogP contribution in [0.5, 0.6) is 11.5 Å². The number of ether oxygens (including phenoxy) is 2. The van der Waals surface area contributed by atoms with Crippen molar-refractivity contribution in [3.63, 3.8) is 0 Å². The van der Waals surface area contributed by atoms with E-state index in [1.54, 1.807) is 71.2 Å². The smallest absolute Gasteiger partial charge is 0.343 e. The minimum atomic E-state index is -0.458. The first kappa shape index (κ1) is 21.8. The monoisotopic (exact) mass is 441 g/mol. The Balaban J connectivity index is 1.50. The van der Waals surface area contributed by atoms with Crippen LogP contribution in [0.3, 0.4) is 0 Å². The molecule has 0 radical (unpaired) electrons. The van der Waals surface area contributed by atoms with Crippen LogP contribution < -0.4 is 15.0 Å². The average Bonchev–Trinajstić information content (AvgIpc) is 3.06. The Morgan fingerprint density at radius 3 is 2.18 bits per heavy atom. The molecular weight excluding hydrogens is 418 g/mol. The van der Waals surface area contributed by atoms with Crippen molar-refractivity contribution >= 4 is 17.9 Å². The summed E-state index contributed by atoms with van der Waals surface area (Å²) in [6.45, 7) is 1.86. The van der Waals surface area contributed by atoms with Gasteiger partial charge in [0.1, 0.15) is 11.5 Å². The van der Waals surface area contributed by atoms with Gasteiger partial charge >= 0.3 is 5.97 Å².